The maximum absolute atomic E-state index is 6.46. The fourth-order valence-electron chi connectivity index (χ4n) is 4.19. The van der Waals surface area contributed by atoms with Gasteiger partial charge in [0.1, 0.15) is 0 Å². The van der Waals surface area contributed by atoms with Crippen molar-refractivity contribution in [1.82, 2.24) is 4.90 Å². The van der Waals surface area contributed by atoms with Crippen molar-refractivity contribution in [2.24, 2.45) is 23.0 Å². The molecule has 0 bridgehead atoms. The third kappa shape index (κ3) is 4.21. The molecular formula is C18H36N2. The average Bonchev–Trinajstić information content (AvgIpc) is 2.56. The van der Waals surface area contributed by atoms with Gasteiger partial charge in [0.15, 0.2) is 0 Å². The molecule has 0 radical (unpaired) electrons. The van der Waals surface area contributed by atoms with Crippen molar-refractivity contribution < 1.29 is 0 Å². The van der Waals surface area contributed by atoms with Gasteiger partial charge in [0, 0.05) is 18.6 Å². The molecule has 1 heterocycles. The van der Waals surface area contributed by atoms with E-state index in [1.54, 1.807) is 0 Å². The highest BCUT2D eigenvalue weighted by Gasteiger charge is 2.35. The molecule has 1 aliphatic heterocycles. The van der Waals surface area contributed by atoms with Gasteiger partial charge in [0.05, 0.1) is 0 Å². The van der Waals surface area contributed by atoms with Crippen LogP contribution in [0.4, 0.5) is 0 Å². The third-order valence-corrected chi connectivity index (χ3v) is 5.93. The number of nitrogens with two attached hydrogens (primary N) is 1. The van der Waals surface area contributed by atoms with Crippen LogP contribution < -0.4 is 5.73 Å². The second kappa shape index (κ2) is 6.79. The summed E-state index contributed by atoms with van der Waals surface area (Å²) in [7, 11) is 0. The number of hydrogen-bond donors (Lipinski definition) is 1. The monoisotopic (exact) mass is 280 g/mol. The number of hydrogen-bond acceptors (Lipinski definition) is 2. The van der Waals surface area contributed by atoms with Crippen LogP contribution in [0.3, 0.4) is 0 Å². The van der Waals surface area contributed by atoms with E-state index in [9.17, 15) is 0 Å². The van der Waals surface area contributed by atoms with Gasteiger partial charge < -0.3 is 10.6 Å². The maximum atomic E-state index is 6.46. The molecule has 4 unspecified atom stereocenters. The van der Waals surface area contributed by atoms with Gasteiger partial charge in [-0.05, 0) is 62.8 Å². The highest BCUT2D eigenvalue weighted by molar-refractivity contribution is 4.89. The topological polar surface area (TPSA) is 29.3 Å². The Hall–Kier alpha value is -0.0800. The molecule has 20 heavy (non-hydrogen) atoms. The molecule has 1 aliphatic carbocycles. The van der Waals surface area contributed by atoms with Gasteiger partial charge in [-0.25, -0.2) is 0 Å². The smallest absolute Gasteiger partial charge is 0.00795 e. The van der Waals surface area contributed by atoms with Gasteiger partial charge in [0.2, 0.25) is 0 Å². The van der Waals surface area contributed by atoms with Crippen molar-refractivity contribution in [2.45, 2.75) is 84.7 Å². The molecule has 118 valence electrons. The lowest BCUT2D eigenvalue weighted by molar-refractivity contribution is 0.0872. The van der Waals surface area contributed by atoms with Gasteiger partial charge in [0.25, 0.3) is 0 Å². The Morgan fingerprint density at radius 1 is 1.05 bits per heavy atom. The highest BCUT2D eigenvalue weighted by Crippen LogP contribution is 2.40. The standard InChI is InChI=1S/C18H36N2/c1-14-8-6-5-7-11-20(14)13-15-12-16(18(2,3)4)9-10-17(15)19/h14-17H,5-13,19H2,1-4H3. The predicted molar refractivity (Wildman–Crippen MR) is 87.8 cm³/mol. The first-order chi connectivity index (χ1) is 9.38. The van der Waals surface area contributed by atoms with Crippen LogP contribution in [0.1, 0.15) is 72.6 Å². The Labute approximate surface area is 126 Å². The number of rotatable bonds is 2. The summed E-state index contributed by atoms with van der Waals surface area (Å²) < 4.78 is 0. The Balaban J connectivity index is 1.95. The summed E-state index contributed by atoms with van der Waals surface area (Å²) in [5.41, 5.74) is 6.91. The van der Waals surface area contributed by atoms with Crippen molar-refractivity contribution in [1.29, 1.82) is 0 Å². The van der Waals surface area contributed by atoms with Crippen LogP contribution in [0.5, 0.6) is 0 Å². The van der Waals surface area contributed by atoms with E-state index in [2.05, 4.69) is 32.6 Å². The lowest BCUT2D eigenvalue weighted by Gasteiger charge is -2.43. The van der Waals surface area contributed by atoms with Crippen molar-refractivity contribution in [2.75, 3.05) is 13.1 Å². The minimum Gasteiger partial charge on any atom is -0.327 e. The Morgan fingerprint density at radius 3 is 2.50 bits per heavy atom. The fourth-order valence-corrected chi connectivity index (χ4v) is 4.19. The highest BCUT2D eigenvalue weighted by atomic mass is 15.2. The molecule has 2 aliphatic rings. The van der Waals surface area contributed by atoms with Gasteiger partial charge in [-0.15, -0.1) is 0 Å². The van der Waals surface area contributed by atoms with Crippen LogP contribution in [0.15, 0.2) is 0 Å². The summed E-state index contributed by atoms with van der Waals surface area (Å²) in [5, 5.41) is 0. The molecular weight excluding hydrogens is 244 g/mol. The normalized spacial score (nSPS) is 37.6. The quantitative estimate of drug-likeness (QED) is 0.827. The molecule has 0 spiro atoms. The minimum absolute atomic E-state index is 0.434. The molecule has 0 aromatic carbocycles. The zero-order chi connectivity index (χ0) is 14.8. The van der Waals surface area contributed by atoms with Crippen molar-refractivity contribution in [3.63, 3.8) is 0 Å². The average molecular weight is 280 g/mol. The zero-order valence-electron chi connectivity index (χ0n) is 14.2. The van der Waals surface area contributed by atoms with Crippen LogP contribution in [-0.2, 0) is 0 Å². The second-order valence-electron chi connectivity index (χ2n) is 8.49. The summed E-state index contributed by atoms with van der Waals surface area (Å²) in [4.78, 5) is 2.74. The van der Waals surface area contributed by atoms with Crippen LogP contribution >= 0.6 is 0 Å². The molecule has 1 saturated heterocycles. The second-order valence-corrected chi connectivity index (χ2v) is 8.49. The molecule has 4 atom stereocenters. The van der Waals surface area contributed by atoms with E-state index in [4.69, 9.17) is 5.73 Å². The van der Waals surface area contributed by atoms with E-state index in [1.807, 2.05) is 0 Å². The first-order valence-corrected chi connectivity index (χ1v) is 8.87. The lowest BCUT2D eigenvalue weighted by Crippen LogP contribution is -2.47. The molecule has 0 amide bonds. The van der Waals surface area contributed by atoms with E-state index in [-0.39, 0.29) is 0 Å². The first kappa shape index (κ1) is 16.3. The minimum atomic E-state index is 0.434. The molecule has 2 rings (SSSR count). The largest absolute Gasteiger partial charge is 0.327 e. The van der Waals surface area contributed by atoms with E-state index in [0.29, 0.717) is 17.4 Å². The van der Waals surface area contributed by atoms with Crippen LogP contribution in [0.25, 0.3) is 0 Å². The SMILES string of the molecule is CC1CCCCCN1CC1CC(C(C)(C)C)CCC1N. The van der Waals surface area contributed by atoms with Gasteiger partial charge in [-0.3, -0.25) is 0 Å². The summed E-state index contributed by atoms with van der Waals surface area (Å²) >= 11 is 0. The Morgan fingerprint density at radius 2 is 1.80 bits per heavy atom. The van der Waals surface area contributed by atoms with Crippen molar-refractivity contribution >= 4 is 0 Å². The van der Waals surface area contributed by atoms with Crippen LogP contribution in [0, 0.1) is 17.3 Å². The fraction of sp³-hybridized carbons (Fsp3) is 1.00. The van der Waals surface area contributed by atoms with Crippen LogP contribution in [-0.4, -0.2) is 30.1 Å². The summed E-state index contributed by atoms with van der Waals surface area (Å²) in [6, 6.07) is 1.20. The van der Waals surface area contributed by atoms with Crippen LogP contribution in [0.2, 0.25) is 0 Å². The predicted octanol–water partition coefficient (Wildman–Crippen LogP) is 4.04. The molecule has 2 nitrogen and oxygen atoms in total. The maximum Gasteiger partial charge on any atom is 0.00795 e. The van der Waals surface area contributed by atoms with Gasteiger partial charge in [-0.1, -0.05) is 33.6 Å². The number of likely N-dealkylation sites (tertiary alicyclic amines) is 1. The van der Waals surface area contributed by atoms with E-state index >= 15 is 0 Å². The molecule has 2 fully saturated rings. The van der Waals surface area contributed by atoms with Gasteiger partial charge in [-0.2, -0.15) is 0 Å². The van der Waals surface area contributed by atoms with Gasteiger partial charge >= 0.3 is 0 Å². The summed E-state index contributed by atoms with van der Waals surface area (Å²) in [5.74, 6) is 1.57. The van der Waals surface area contributed by atoms with Crippen molar-refractivity contribution in [3.8, 4) is 0 Å². The molecule has 2 heteroatoms. The number of nitrogens with zero attached hydrogens (tertiary/aromatic N) is 1. The molecule has 0 aromatic rings. The lowest BCUT2D eigenvalue weighted by atomic mass is 9.67. The molecule has 2 N–H and O–H groups in total. The third-order valence-electron chi connectivity index (χ3n) is 5.93. The Bertz CT molecular complexity index is 294. The summed E-state index contributed by atoms with van der Waals surface area (Å²) in [6.07, 6.45) is 9.50. The first-order valence-electron chi connectivity index (χ1n) is 8.87. The van der Waals surface area contributed by atoms with E-state index in [0.717, 1.165) is 12.0 Å². The van der Waals surface area contributed by atoms with E-state index in [1.165, 1.54) is 58.0 Å². The molecule has 0 aromatic heterocycles. The van der Waals surface area contributed by atoms with E-state index < -0.39 is 0 Å². The Kier molecular flexibility index (Phi) is 5.53. The zero-order valence-corrected chi connectivity index (χ0v) is 14.2. The molecule has 1 saturated carbocycles. The van der Waals surface area contributed by atoms with Crippen molar-refractivity contribution in [3.05, 3.63) is 0 Å². The summed E-state index contributed by atoms with van der Waals surface area (Å²) in [6.45, 7) is 12.2.